The first-order valence-electron chi connectivity index (χ1n) is 5.25. The van der Waals surface area contributed by atoms with Crippen molar-refractivity contribution in [2.24, 2.45) is 23.4 Å². The molecule has 0 amide bonds. The number of rotatable bonds is 0. The highest BCUT2D eigenvalue weighted by molar-refractivity contribution is 5.11. The molecule has 0 aromatic heterocycles. The molecule has 5 aliphatic heterocycles. The Morgan fingerprint density at radius 2 is 0.812 bits per heavy atom. The van der Waals surface area contributed by atoms with Gasteiger partial charge in [0, 0.05) is 0 Å². The minimum Gasteiger partial charge on any atom is -0.279 e. The molecule has 90 valence electrons. The van der Waals surface area contributed by atoms with Crippen molar-refractivity contribution >= 4 is 0 Å². The first kappa shape index (κ1) is 9.61. The van der Waals surface area contributed by atoms with Crippen molar-refractivity contribution in [2.75, 3.05) is 0 Å². The van der Waals surface area contributed by atoms with E-state index in [1.54, 1.807) is 20.0 Å². The zero-order valence-corrected chi connectivity index (χ0v) is 8.56. The molecule has 16 heavy (non-hydrogen) atoms. The third kappa shape index (κ3) is 0.811. The highest BCUT2D eigenvalue weighted by Gasteiger charge is 2.65. The van der Waals surface area contributed by atoms with Crippen LogP contribution in [0.5, 0.6) is 0 Å². The van der Waals surface area contributed by atoms with E-state index in [9.17, 15) is 0 Å². The maximum atomic E-state index is 6.05. The SMILES string of the molecule is NN1C2NC3C4NC2N(N)C1C(N3N)N4N. The van der Waals surface area contributed by atoms with Gasteiger partial charge in [0.05, 0.1) is 0 Å². The van der Waals surface area contributed by atoms with Crippen LogP contribution in [0.25, 0.3) is 0 Å². The molecular formula is C6H16N10. The summed E-state index contributed by atoms with van der Waals surface area (Å²) in [7, 11) is 0. The van der Waals surface area contributed by atoms with Crippen LogP contribution in [0.4, 0.5) is 0 Å². The Morgan fingerprint density at radius 1 is 0.562 bits per heavy atom. The van der Waals surface area contributed by atoms with Gasteiger partial charge in [0.25, 0.3) is 0 Å². The second-order valence-corrected chi connectivity index (χ2v) is 4.73. The number of hydrazine groups is 4. The number of nitrogens with two attached hydrogens (primary N) is 4. The normalized spacial score (nSPS) is 57.8. The summed E-state index contributed by atoms with van der Waals surface area (Å²) in [6, 6.07) is 0. The first-order valence-corrected chi connectivity index (χ1v) is 5.25. The highest BCUT2D eigenvalue weighted by Crippen LogP contribution is 2.37. The van der Waals surface area contributed by atoms with Crippen LogP contribution in [0, 0.1) is 0 Å². The lowest BCUT2D eigenvalue weighted by Crippen LogP contribution is -2.74. The van der Waals surface area contributed by atoms with Crippen LogP contribution in [-0.2, 0) is 0 Å². The Hall–Kier alpha value is -0.400. The summed E-state index contributed by atoms with van der Waals surface area (Å²) in [5.74, 6) is 24.2. The summed E-state index contributed by atoms with van der Waals surface area (Å²) < 4.78 is 0. The summed E-state index contributed by atoms with van der Waals surface area (Å²) in [5.41, 5.74) is 0. The molecule has 0 spiro atoms. The Kier molecular flexibility index (Phi) is 1.62. The third-order valence-corrected chi connectivity index (χ3v) is 4.05. The maximum Gasteiger partial charge on any atom is 0.123 e. The molecule has 10 nitrogen and oxygen atoms in total. The van der Waals surface area contributed by atoms with Gasteiger partial charge in [-0.15, -0.1) is 0 Å². The van der Waals surface area contributed by atoms with Gasteiger partial charge in [0.15, 0.2) is 0 Å². The molecule has 0 aliphatic carbocycles. The zero-order valence-electron chi connectivity index (χ0n) is 8.56. The highest BCUT2D eigenvalue weighted by atomic mass is 15.8. The van der Waals surface area contributed by atoms with Crippen LogP contribution in [0.3, 0.4) is 0 Å². The minimum atomic E-state index is -0.220. The second-order valence-electron chi connectivity index (χ2n) is 4.73. The van der Waals surface area contributed by atoms with Crippen molar-refractivity contribution in [1.29, 1.82) is 0 Å². The van der Waals surface area contributed by atoms with Crippen LogP contribution in [0.2, 0.25) is 0 Å². The van der Waals surface area contributed by atoms with Crippen LogP contribution in [-0.4, -0.2) is 57.0 Å². The van der Waals surface area contributed by atoms with Crippen LogP contribution < -0.4 is 34.0 Å². The third-order valence-electron chi connectivity index (χ3n) is 4.05. The predicted octanol–water partition coefficient (Wildman–Crippen LogP) is -5.12. The van der Waals surface area contributed by atoms with Crippen molar-refractivity contribution in [3.05, 3.63) is 0 Å². The Morgan fingerprint density at radius 3 is 1.06 bits per heavy atom. The summed E-state index contributed by atoms with van der Waals surface area (Å²) in [6.45, 7) is 0. The van der Waals surface area contributed by atoms with Gasteiger partial charge < -0.3 is 0 Å². The molecule has 0 radical (unpaired) electrons. The molecule has 5 saturated heterocycles. The Labute approximate surface area is 91.9 Å². The lowest BCUT2D eigenvalue weighted by molar-refractivity contribution is -0.0125. The number of hydrogen-bond acceptors (Lipinski definition) is 10. The van der Waals surface area contributed by atoms with Gasteiger partial charge in [-0.25, -0.2) is 20.0 Å². The molecule has 6 bridgehead atoms. The molecular weight excluding hydrogens is 212 g/mol. The van der Waals surface area contributed by atoms with E-state index >= 15 is 0 Å². The van der Waals surface area contributed by atoms with E-state index in [1.165, 1.54) is 0 Å². The summed E-state index contributed by atoms with van der Waals surface area (Å²) in [5, 5.41) is 13.4. The Bertz CT molecular complexity index is 275. The first-order chi connectivity index (χ1) is 7.61. The lowest BCUT2D eigenvalue weighted by atomic mass is 10.2. The van der Waals surface area contributed by atoms with E-state index in [0.717, 1.165) is 0 Å². The molecule has 5 aliphatic rings. The average molecular weight is 228 g/mol. The monoisotopic (exact) mass is 228 g/mol. The predicted molar refractivity (Wildman–Crippen MR) is 53.1 cm³/mol. The largest absolute Gasteiger partial charge is 0.279 e. The van der Waals surface area contributed by atoms with E-state index in [-0.39, 0.29) is 37.0 Å². The fourth-order valence-electron chi connectivity index (χ4n) is 3.29. The van der Waals surface area contributed by atoms with Crippen LogP contribution in [0.15, 0.2) is 0 Å². The Balaban J connectivity index is 1.88. The molecule has 0 aromatic rings. The number of piperazine rings is 1. The van der Waals surface area contributed by atoms with Crippen molar-refractivity contribution < 1.29 is 0 Å². The molecule has 4 atom stereocenters. The molecule has 10 N–H and O–H groups in total. The number of nitrogens with one attached hydrogen (secondary N) is 2. The molecule has 5 rings (SSSR count). The van der Waals surface area contributed by atoms with Crippen molar-refractivity contribution in [2.45, 2.75) is 37.0 Å². The van der Waals surface area contributed by atoms with Gasteiger partial charge in [-0.1, -0.05) is 0 Å². The van der Waals surface area contributed by atoms with E-state index in [4.69, 9.17) is 23.4 Å². The number of hydrogen-bond donors (Lipinski definition) is 6. The van der Waals surface area contributed by atoms with Gasteiger partial charge in [-0.3, -0.25) is 34.0 Å². The lowest BCUT2D eigenvalue weighted by Gasteiger charge is -2.41. The molecule has 4 unspecified atom stereocenters. The van der Waals surface area contributed by atoms with E-state index < -0.39 is 0 Å². The molecule has 5 fully saturated rings. The summed E-state index contributed by atoms with van der Waals surface area (Å²) in [6.07, 6.45) is -0.603. The zero-order chi connectivity index (χ0) is 11.2. The van der Waals surface area contributed by atoms with Crippen molar-refractivity contribution in [1.82, 2.24) is 30.7 Å². The topological polar surface area (TPSA) is 141 Å². The van der Waals surface area contributed by atoms with Gasteiger partial charge in [0.2, 0.25) is 0 Å². The quantitative estimate of drug-likeness (QED) is 0.223. The summed E-state index contributed by atoms with van der Waals surface area (Å²) in [4.78, 5) is 0. The average Bonchev–Trinajstić information content (AvgIpc) is 2.57. The smallest absolute Gasteiger partial charge is 0.123 e. The minimum absolute atomic E-state index is 0.0407. The molecule has 0 aromatic carbocycles. The van der Waals surface area contributed by atoms with Crippen molar-refractivity contribution in [3.8, 4) is 0 Å². The molecule has 0 saturated carbocycles. The van der Waals surface area contributed by atoms with Gasteiger partial charge in [-0.2, -0.15) is 0 Å². The summed E-state index contributed by atoms with van der Waals surface area (Å²) >= 11 is 0. The van der Waals surface area contributed by atoms with Gasteiger partial charge in [0.1, 0.15) is 37.0 Å². The molecule has 5 heterocycles. The van der Waals surface area contributed by atoms with Gasteiger partial charge >= 0.3 is 0 Å². The molecule has 10 heteroatoms. The van der Waals surface area contributed by atoms with E-state index in [2.05, 4.69) is 10.6 Å². The van der Waals surface area contributed by atoms with Crippen LogP contribution in [0.1, 0.15) is 0 Å². The fourth-order valence-corrected chi connectivity index (χ4v) is 3.29. The number of nitrogens with zero attached hydrogens (tertiary/aromatic N) is 4. The van der Waals surface area contributed by atoms with Crippen molar-refractivity contribution in [3.63, 3.8) is 0 Å². The fraction of sp³-hybridized carbons (Fsp3) is 1.00. The van der Waals surface area contributed by atoms with Crippen LogP contribution >= 0.6 is 0 Å². The standard InChI is InChI=1S/C6H16N10/c7-13-1-2-12-4-3(11-1)15(9)6(16(4)10)5(13)14(2)8/h1-6,11-12H,7-10H2. The van der Waals surface area contributed by atoms with Gasteiger partial charge in [-0.05, 0) is 0 Å². The second kappa shape index (κ2) is 2.70. The van der Waals surface area contributed by atoms with E-state index in [1.807, 2.05) is 0 Å². The maximum absolute atomic E-state index is 6.05. The van der Waals surface area contributed by atoms with E-state index in [0.29, 0.717) is 0 Å².